The predicted octanol–water partition coefficient (Wildman–Crippen LogP) is 3.19. The summed E-state index contributed by atoms with van der Waals surface area (Å²) in [5.74, 6) is 1.42. The molecule has 136 valence electrons. The van der Waals surface area contributed by atoms with Crippen LogP contribution in [0.3, 0.4) is 0 Å². The van der Waals surface area contributed by atoms with Crippen molar-refractivity contribution in [1.29, 1.82) is 0 Å². The van der Waals surface area contributed by atoms with Crippen LogP contribution in [0.15, 0.2) is 60.8 Å². The molecule has 6 heteroatoms. The molecular weight excluding hydrogens is 342 g/mol. The van der Waals surface area contributed by atoms with E-state index in [1.165, 1.54) is 0 Å². The standard InChI is InChI=1S/C21H19N3O3/c1-26-17-9-5-8-16(12-17)19-22-13-18-20(23-19)27-11-10-24(21(18)25)14-15-6-3-2-4-7-15/h2-9,12-13H,10-11,14H2,1H3. The van der Waals surface area contributed by atoms with Crippen LogP contribution < -0.4 is 9.47 Å². The fraction of sp³-hybridized carbons (Fsp3) is 0.190. The second-order valence-corrected chi connectivity index (χ2v) is 6.21. The second-order valence-electron chi connectivity index (χ2n) is 6.21. The number of ether oxygens (including phenoxy) is 2. The van der Waals surface area contributed by atoms with E-state index in [4.69, 9.17) is 9.47 Å². The average Bonchev–Trinajstić information content (AvgIpc) is 2.87. The maximum Gasteiger partial charge on any atom is 0.261 e. The van der Waals surface area contributed by atoms with Crippen LogP contribution in [0.2, 0.25) is 0 Å². The highest BCUT2D eigenvalue weighted by atomic mass is 16.5. The Bertz CT molecular complexity index is 960. The minimum Gasteiger partial charge on any atom is -0.497 e. The van der Waals surface area contributed by atoms with Gasteiger partial charge in [0.25, 0.3) is 5.91 Å². The van der Waals surface area contributed by atoms with E-state index in [1.807, 2.05) is 54.6 Å². The third-order valence-electron chi connectivity index (χ3n) is 4.42. The van der Waals surface area contributed by atoms with Gasteiger partial charge in [-0.25, -0.2) is 4.98 Å². The van der Waals surface area contributed by atoms with E-state index < -0.39 is 0 Å². The average molecular weight is 361 g/mol. The fourth-order valence-corrected chi connectivity index (χ4v) is 3.00. The molecular formula is C21H19N3O3. The molecule has 1 aromatic heterocycles. The van der Waals surface area contributed by atoms with Gasteiger partial charge in [-0.15, -0.1) is 0 Å². The summed E-state index contributed by atoms with van der Waals surface area (Å²) in [5.41, 5.74) is 2.26. The molecule has 0 atom stereocenters. The smallest absolute Gasteiger partial charge is 0.261 e. The molecule has 3 aromatic rings. The molecule has 0 bridgehead atoms. The van der Waals surface area contributed by atoms with Crippen LogP contribution in [0, 0.1) is 0 Å². The van der Waals surface area contributed by atoms with Crippen molar-refractivity contribution < 1.29 is 14.3 Å². The molecule has 0 N–H and O–H groups in total. The Labute approximate surface area is 157 Å². The first kappa shape index (κ1) is 17.0. The number of methoxy groups -OCH3 is 1. The van der Waals surface area contributed by atoms with Gasteiger partial charge in [-0.1, -0.05) is 42.5 Å². The van der Waals surface area contributed by atoms with Crippen LogP contribution >= 0.6 is 0 Å². The minimum atomic E-state index is -0.122. The lowest BCUT2D eigenvalue weighted by Gasteiger charge is -2.19. The highest BCUT2D eigenvalue weighted by Crippen LogP contribution is 2.26. The Hall–Kier alpha value is -3.41. The summed E-state index contributed by atoms with van der Waals surface area (Å²) in [4.78, 5) is 23.5. The molecule has 1 aliphatic rings. The number of amides is 1. The van der Waals surface area contributed by atoms with E-state index in [9.17, 15) is 4.79 Å². The molecule has 27 heavy (non-hydrogen) atoms. The Balaban J connectivity index is 1.62. The number of benzene rings is 2. The number of carbonyl (C=O) groups excluding carboxylic acids is 1. The van der Waals surface area contributed by atoms with Crippen molar-refractivity contribution in [1.82, 2.24) is 14.9 Å². The Morgan fingerprint density at radius 3 is 2.81 bits per heavy atom. The third kappa shape index (κ3) is 3.60. The molecule has 0 saturated carbocycles. The number of aromatic nitrogens is 2. The largest absolute Gasteiger partial charge is 0.497 e. The Morgan fingerprint density at radius 2 is 2.00 bits per heavy atom. The van der Waals surface area contributed by atoms with Crippen molar-refractivity contribution in [3.8, 4) is 23.0 Å². The quantitative estimate of drug-likeness (QED) is 0.714. The molecule has 2 aromatic carbocycles. The second kappa shape index (κ2) is 7.45. The minimum absolute atomic E-state index is 0.122. The van der Waals surface area contributed by atoms with Gasteiger partial charge in [0.2, 0.25) is 5.88 Å². The number of hydrogen-bond acceptors (Lipinski definition) is 5. The first-order chi connectivity index (χ1) is 13.2. The zero-order valence-electron chi connectivity index (χ0n) is 15.0. The van der Waals surface area contributed by atoms with Crippen molar-refractivity contribution in [2.24, 2.45) is 0 Å². The molecule has 2 heterocycles. The number of fused-ring (bicyclic) bond motifs is 1. The highest BCUT2D eigenvalue weighted by Gasteiger charge is 2.25. The molecule has 1 aliphatic heterocycles. The Morgan fingerprint density at radius 1 is 1.15 bits per heavy atom. The lowest BCUT2D eigenvalue weighted by molar-refractivity contribution is 0.0742. The van der Waals surface area contributed by atoms with Crippen LogP contribution in [0.1, 0.15) is 15.9 Å². The van der Waals surface area contributed by atoms with Crippen LogP contribution in [0.5, 0.6) is 11.6 Å². The lowest BCUT2D eigenvalue weighted by atomic mass is 10.2. The first-order valence-electron chi connectivity index (χ1n) is 8.72. The molecule has 6 nitrogen and oxygen atoms in total. The van der Waals surface area contributed by atoms with Gasteiger partial charge in [-0.05, 0) is 17.7 Å². The van der Waals surface area contributed by atoms with Crippen LogP contribution in [0.4, 0.5) is 0 Å². The molecule has 1 amide bonds. The molecule has 0 fully saturated rings. The van der Waals surface area contributed by atoms with Gasteiger partial charge in [0.15, 0.2) is 5.82 Å². The normalized spacial score (nSPS) is 13.5. The highest BCUT2D eigenvalue weighted by molar-refractivity contribution is 5.96. The van der Waals surface area contributed by atoms with Gasteiger partial charge in [-0.2, -0.15) is 4.98 Å². The van der Waals surface area contributed by atoms with E-state index in [0.717, 1.165) is 16.9 Å². The van der Waals surface area contributed by atoms with E-state index in [0.29, 0.717) is 37.0 Å². The van der Waals surface area contributed by atoms with Gasteiger partial charge in [-0.3, -0.25) is 4.79 Å². The summed E-state index contributed by atoms with van der Waals surface area (Å²) in [6.07, 6.45) is 1.54. The van der Waals surface area contributed by atoms with Gasteiger partial charge in [0.1, 0.15) is 17.9 Å². The lowest BCUT2D eigenvalue weighted by Crippen LogP contribution is -2.31. The van der Waals surface area contributed by atoms with Crippen molar-refractivity contribution in [2.75, 3.05) is 20.3 Å². The van der Waals surface area contributed by atoms with Crippen LogP contribution in [-0.2, 0) is 6.54 Å². The van der Waals surface area contributed by atoms with Crippen molar-refractivity contribution in [3.05, 3.63) is 71.9 Å². The monoisotopic (exact) mass is 361 g/mol. The summed E-state index contributed by atoms with van der Waals surface area (Å²) >= 11 is 0. The van der Waals surface area contributed by atoms with Gasteiger partial charge in [0.05, 0.1) is 13.7 Å². The number of rotatable bonds is 4. The zero-order valence-corrected chi connectivity index (χ0v) is 15.0. The first-order valence-corrected chi connectivity index (χ1v) is 8.72. The molecule has 0 spiro atoms. The van der Waals surface area contributed by atoms with Gasteiger partial charge in [0, 0.05) is 18.3 Å². The van der Waals surface area contributed by atoms with Crippen LogP contribution in [-0.4, -0.2) is 41.0 Å². The maximum atomic E-state index is 12.9. The van der Waals surface area contributed by atoms with Crippen molar-refractivity contribution in [2.45, 2.75) is 6.54 Å². The maximum absolute atomic E-state index is 12.9. The predicted molar refractivity (Wildman–Crippen MR) is 101 cm³/mol. The van der Waals surface area contributed by atoms with E-state index in [1.54, 1.807) is 18.2 Å². The van der Waals surface area contributed by atoms with E-state index >= 15 is 0 Å². The fourth-order valence-electron chi connectivity index (χ4n) is 3.00. The molecule has 0 aliphatic carbocycles. The van der Waals surface area contributed by atoms with Gasteiger partial charge < -0.3 is 14.4 Å². The SMILES string of the molecule is COc1cccc(-c2ncc3c(n2)OCCN(Cc2ccccc2)C3=O)c1. The molecule has 0 radical (unpaired) electrons. The number of nitrogens with zero attached hydrogens (tertiary/aromatic N) is 3. The summed E-state index contributed by atoms with van der Waals surface area (Å²) in [5, 5.41) is 0. The molecule has 0 saturated heterocycles. The summed E-state index contributed by atoms with van der Waals surface area (Å²) in [7, 11) is 1.61. The van der Waals surface area contributed by atoms with Crippen molar-refractivity contribution in [3.63, 3.8) is 0 Å². The van der Waals surface area contributed by atoms with Gasteiger partial charge >= 0.3 is 0 Å². The summed E-state index contributed by atoms with van der Waals surface area (Å²) < 4.78 is 11.0. The zero-order chi connectivity index (χ0) is 18.6. The molecule has 4 rings (SSSR count). The van der Waals surface area contributed by atoms with Crippen LogP contribution in [0.25, 0.3) is 11.4 Å². The molecule has 0 unspecified atom stereocenters. The third-order valence-corrected chi connectivity index (χ3v) is 4.42. The van der Waals surface area contributed by atoms with Crippen molar-refractivity contribution >= 4 is 5.91 Å². The number of carbonyl (C=O) groups is 1. The summed E-state index contributed by atoms with van der Waals surface area (Å²) in [6.45, 7) is 1.42. The summed E-state index contributed by atoms with van der Waals surface area (Å²) in [6, 6.07) is 17.4. The topological polar surface area (TPSA) is 64.6 Å². The Kier molecular flexibility index (Phi) is 4.70. The van der Waals surface area contributed by atoms with E-state index in [-0.39, 0.29) is 5.91 Å². The number of hydrogen-bond donors (Lipinski definition) is 0. The van der Waals surface area contributed by atoms with E-state index in [2.05, 4.69) is 9.97 Å².